The van der Waals surface area contributed by atoms with Gasteiger partial charge in [-0.1, -0.05) is 29.8 Å². The van der Waals surface area contributed by atoms with Crippen LogP contribution < -0.4 is 5.32 Å². The van der Waals surface area contributed by atoms with Gasteiger partial charge in [0.1, 0.15) is 0 Å². The van der Waals surface area contributed by atoms with Crippen LogP contribution in [0.1, 0.15) is 23.6 Å². The minimum absolute atomic E-state index is 0.0634. The third-order valence-corrected chi connectivity index (χ3v) is 2.88. The Kier molecular flexibility index (Phi) is 2.64. The van der Waals surface area contributed by atoms with E-state index in [9.17, 15) is 9.59 Å². The number of rotatable bonds is 2. The SMILES string of the molecule is Cc1ccc([C@@H]2NC(=O)C[C@H]2C(=O)O)cc1. The fourth-order valence-corrected chi connectivity index (χ4v) is 1.97. The van der Waals surface area contributed by atoms with E-state index >= 15 is 0 Å². The summed E-state index contributed by atoms with van der Waals surface area (Å²) in [6, 6.07) is 7.16. The predicted molar refractivity (Wildman–Crippen MR) is 57.8 cm³/mol. The lowest BCUT2D eigenvalue weighted by Crippen LogP contribution is -2.24. The van der Waals surface area contributed by atoms with Crippen LogP contribution in [0.25, 0.3) is 0 Å². The summed E-state index contributed by atoms with van der Waals surface area (Å²) in [5.41, 5.74) is 1.96. The van der Waals surface area contributed by atoms with Crippen molar-refractivity contribution in [1.82, 2.24) is 5.32 Å². The average Bonchev–Trinajstić information content (AvgIpc) is 2.61. The molecule has 1 fully saturated rings. The van der Waals surface area contributed by atoms with Crippen LogP contribution in [0, 0.1) is 12.8 Å². The lowest BCUT2D eigenvalue weighted by Gasteiger charge is -2.15. The van der Waals surface area contributed by atoms with Crippen molar-refractivity contribution in [3.63, 3.8) is 0 Å². The van der Waals surface area contributed by atoms with Gasteiger partial charge in [0.15, 0.2) is 0 Å². The van der Waals surface area contributed by atoms with Crippen molar-refractivity contribution in [1.29, 1.82) is 0 Å². The zero-order valence-corrected chi connectivity index (χ0v) is 8.93. The number of carboxylic acids is 1. The van der Waals surface area contributed by atoms with Crippen molar-refractivity contribution in [2.75, 3.05) is 0 Å². The number of carbonyl (C=O) groups excluding carboxylic acids is 1. The zero-order chi connectivity index (χ0) is 11.7. The molecular weight excluding hydrogens is 206 g/mol. The summed E-state index contributed by atoms with van der Waals surface area (Å²) in [6.45, 7) is 1.96. The lowest BCUT2D eigenvalue weighted by atomic mass is 9.94. The van der Waals surface area contributed by atoms with E-state index < -0.39 is 17.9 Å². The number of benzene rings is 1. The molecule has 1 saturated heterocycles. The molecule has 0 radical (unpaired) electrons. The summed E-state index contributed by atoms with van der Waals surface area (Å²) in [5.74, 6) is -1.78. The maximum absolute atomic E-state index is 11.2. The molecular formula is C12H13NO3. The van der Waals surface area contributed by atoms with Crippen molar-refractivity contribution < 1.29 is 14.7 Å². The normalized spacial score (nSPS) is 24.2. The van der Waals surface area contributed by atoms with Gasteiger partial charge < -0.3 is 10.4 Å². The second kappa shape index (κ2) is 3.96. The van der Waals surface area contributed by atoms with Gasteiger partial charge in [0.25, 0.3) is 0 Å². The molecule has 1 aliphatic rings. The van der Waals surface area contributed by atoms with Crippen molar-refractivity contribution in [2.24, 2.45) is 5.92 Å². The molecule has 1 amide bonds. The van der Waals surface area contributed by atoms with Gasteiger partial charge >= 0.3 is 5.97 Å². The zero-order valence-electron chi connectivity index (χ0n) is 8.93. The Balaban J connectivity index is 2.28. The van der Waals surface area contributed by atoms with E-state index in [4.69, 9.17) is 5.11 Å². The number of amides is 1. The van der Waals surface area contributed by atoms with Crippen molar-refractivity contribution in [2.45, 2.75) is 19.4 Å². The van der Waals surface area contributed by atoms with Crippen LogP contribution in [0.15, 0.2) is 24.3 Å². The summed E-state index contributed by atoms with van der Waals surface area (Å²) in [5, 5.41) is 11.7. The standard InChI is InChI=1S/C12H13NO3/c1-7-2-4-8(5-3-7)11-9(12(15)16)6-10(14)13-11/h2-5,9,11H,6H2,1H3,(H,13,14)(H,15,16)/t9-,11+/m1/s1. The Morgan fingerprint density at radius 3 is 2.56 bits per heavy atom. The van der Waals surface area contributed by atoms with E-state index in [0.717, 1.165) is 11.1 Å². The molecule has 1 aliphatic heterocycles. The first kappa shape index (κ1) is 10.7. The second-order valence-corrected chi connectivity index (χ2v) is 4.10. The van der Waals surface area contributed by atoms with Crippen LogP contribution in [0.2, 0.25) is 0 Å². The van der Waals surface area contributed by atoms with Crippen LogP contribution in [-0.2, 0) is 9.59 Å². The topological polar surface area (TPSA) is 66.4 Å². The third kappa shape index (κ3) is 1.91. The number of carbonyl (C=O) groups is 2. The molecule has 0 bridgehead atoms. The highest BCUT2D eigenvalue weighted by molar-refractivity contribution is 5.87. The molecule has 0 unspecified atom stereocenters. The first-order valence-corrected chi connectivity index (χ1v) is 5.16. The van der Waals surface area contributed by atoms with E-state index in [2.05, 4.69) is 5.32 Å². The molecule has 0 aromatic heterocycles. The first-order chi connectivity index (χ1) is 7.58. The van der Waals surface area contributed by atoms with Crippen molar-refractivity contribution >= 4 is 11.9 Å². The van der Waals surface area contributed by atoms with Crippen LogP contribution in [-0.4, -0.2) is 17.0 Å². The van der Waals surface area contributed by atoms with Gasteiger partial charge in [0.05, 0.1) is 12.0 Å². The molecule has 1 heterocycles. The number of hydrogen-bond acceptors (Lipinski definition) is 2. The van der Waals surface area contributed by atoms with Gasteiger partial charge in [-0.25, -0.2) is 0 Å². The Morgan fingerprint density at radius 1 is 1.38 bits per heavy atom. The van der Waals surface area contributed by atoms with E-state index in [0.29, 0.717) is 0 Å². The molecule has 0 saturated carbocycles. The van der Waals surface area contributed by atoms with Crippen molar-refractivity contribution in [3.05, 3.63) is 35.4 Å². The van der Waals surface area contributed by atoms with Gasteiger partial charge in [-0.05, 0) is 12.5 Å². The molecule has 2 atom stereocenters. The van der Waals surface area contributed by atoms with Gasteiger partial charge in [0, 0.05) is 6.42 Å². The summed E-state index contributed by atoms with van der Waals surface area (Å²) in [7, 11) is 0. The fraction of sp³-hybridized carbons (Fsp3) is 0.333. The molecule has 2 N–H and O–H groups in total. The number of hydrogen-bond donors (Lipinski definition) is 2. The van der Waals surface area contributed by atoms with Crippen LogP contribution in [0.5, 0.6) is 0 Å². The number of aliphatic carboxylic acids is 1. The second-order valence-electron chi connectivity index (χ2n) is 4.10. The lowest BCUT2D eigenvalue weighted by molar-refractivity contribution is -0.142. The highest BCUT2D eigenvalue weighted by atomic mass is 16.4. The monoisotopic (exact) mass is 219 g/mol. The van der Waals surface area contributed by atoms with Gasteiger partial charge in [-0.2, -0.15) is 0 Å². The highest BCUT2D eigenvalue weighted by Gasteiger charge is 2.38. The van der Waals surface area contributed by atoms with E-state index in [1.54, 1.807) is 0 Å². The quantitative estimate of drug-likeness (QED) is 0.786. The van der Waals surface area contributed by atoms with E-state index in [1.807, 2.05) is 31.2 Å². The van der Waals surface area contributed by atoms with Crippen LogP contribution in [0.4, 0.5) is 0 Å². The minimum atomic E-state index is -0.927. The summed E-state index contributed by atoms with van der Waals surface area (Å²) in [4.78, 5) is 22.2. The Bertz CT molecular complexity index is 424. The molecule has 16 heavy (non-hydrogen) atoms. The summed E-state index contributed by atoms with van der Waals surface area (Å²) < 4.78 is 0. The molecule has 1 aromatic carbocycles. The highest BCUT2D eigenvalue weighted by Crippen LogP contribution is 2.30. The fourth-order valence-electron chi connectivity index (χ4n) is 1.97. The van der Waals surface area contributed by atoms with E-state index in [1.165, 1.54) is 0 Å². The maximum Gasteiger partial charge on any atom is 0.309 e. The van der Waals surface area contributed by atoms with Gasteiger partial charge in [0.2, 0.25) is 5.91 Å². The smallest absolute Gasteiger partial charge is 0.309 e. The minimum Gasteiger partial charge on any atom is -0.481 e. The summed E-state index contributed by atoms with van der Waals surface area (Å²) >= 11 is 0. The molecule has 0 aliphatic carbocycles. The molecule has 84 valence electrons. The number of aryl methyl sites for hydroxylation is 1. The van der Waals surface area contributed by atoms with Gasteiger partial charge in [-0.3, -0.25) is 9.59 Å². The average molecular weight is 219 g/mol. The molecule has 4 heteroatoms. The van der Waals surface area contributed by atoms with Crippen LogP contribution in [0.3, 0.4) is 0 Å². The number of nitrogens with one attached hydrogen (secondary N) is 1. The molecule has 2 rings (SSSR count). The third-order valence-electron chi connectivity index (χ3n) is 2.88. The van der Waals surface area contributed by atoms with E-state index in [-0.39, 0.29) is 12.3 Å². The Morgan fingerprint density at radius 2 is 2.00 bits per heavy atom. The summed E-state index contributed by atoms with van der Waals surface area (Å²) in [6.07, 6.45) is 0.0634. The molecule has 4 nitrogen and oxygen atoms in total. The molecule has 0 spiro atoms. The molecule has 1 aromatic rings. The van der Waals surface area contributed by atoms with Crippen molar-refractivity contribution in [3.8, 4) is 0 Å². The Labute approximate surface area is 93.3 Å². The van der Waals surface area contributed by atoms with Crippen LogP contribution >= 0.6 is 0 Å². The maximum atomic E-state index is 11.2. The predicted octanol–water partition coefficient (Wildman–Crippen LogP) is 1.26. The number of carboxylic acid groups (broad SMARTS) is 1. The van der Waals surface area contributed by atoms with Gasteiger partial charge in [-0.15, -0.1) is 0 Å². The largest absolute Gasteiger partial charge is 0.481 e. The first-order valence-electron chi connectivity index (χ1n) is 5.16. The Hall–Kier alpha value is -1.84.